The van der Waals surface area contributed by atoms with Gasteiger partial charge in [-0.2, -0.15) is 0 Å². The van der Waals surface area contributed by atoms with Crippen LogP contribution in [0.1, 0.15) is 111 Å². The first kappa shape index (κ1) is 33.9. The van der Waals surface area contributed by atoms with Crippen molar-refractivity contribution in [2.75, 3.05) is 32.0 Å². The quantitative estimate of drug-likeness (QED) is 0.100. The first-order valence-corrected chi connectivity index (χ1v) is 16.9. The number of Topliss-reactive ketones (excluding diaryl/α,β-unsaturated/α-hetero) is 2. The molecular formula is C37H49N3O6. The van der Waals surface area contributed by atoms with Crippen LogP contribution in [-0.4, -0.2) is 65.1 Å². The number of allylic oxidation sites excluding steroid dienone is 1. The fraction of sp³-hybridized carbons (Fsp3) is 0.568. The highest BCUT2D eigenvalue weighted by molar-refractivity contribution is 6.32. The predicted molar refractivity (Wildman–Crippen MR) is 177 cm³/mol. The molecule has 248 valence electrons. The van der Waals surface area contributed by atoms with Gasteiger partial charge in [0.05, 0.1) is 13.2 Å². The predicted octanol–water partition coefficient (Wildman–Crippen LogP) is 5.50. The third kappa shape index (κ3) is 6.17. The van der Waals surface area contributed by atoms with Gasteiger partial charge in [-0.25, -0.2) is 9.78 Å². The van der Waals surface area contributed by atoms with E-state index in [1.807, 2.05) is 26.0 Å². The van der Waals surface area contributed by atoms with Crippen LogP contribution in [0, 0.1) is 5.92 Å². The van der Waals surface area contributed by atoms with Crippen molar-refractivity contribution >= 4 is 23.4 Å². The van der Waals surface area contributed by atoms with Gasteiger partial charge in [0.25, 0.3) is 5.60 Å². The molecule has 0 spiro atoms. The summed E-state index contributed by atoms with van der Waals surface area (Å²) in [6, 6.07) is 10.5. The summed E-state index contributed by atoms with van der Waals surface area (Å²) in [6.07, 6.45) is 10.4. The second kappa shape index (κ2) is 14.2. The van der Waals surface area contributed by atoms with Crippen LogP contribution >= 0.6 is 0 Å². The third-order valence-electron chi connectivity index (χ3n) is 10.4. The van der Waals surface area contributed by atoms with Crippen LogP contribution in [0.15, 0.2) is 53.7 Å². The number of unbranched alkanes of at least 4 members (excludes halogenated alkanes) is 1. The number of aromatic nitrogens is 1. The Kier molecular flexibility index (Phi) is 10.4. The van der Waals surface area contributed by atoms with Gasteiger partial charge >= 0.3 is 5.97 Å². The van der Waals surface area contributed by atoms with E-state index in [-0.39, 0.29) is 42.1 Å². The highest BCUT2D eigenvalue weighted by Crippen LogP contribution is 2.59. The smallest absolute Gasteiger partial charge is 0.350 e. The summed E-state index contributed by atoms with van der Waals surface area (Å²) in [5.74, 6) is -1.28. The number of pyridine rings is 1. The van der Waals surface area contributed by atoms with Crippen molar-refractivity contribution < 1.29 is 29.0 Å². The Morgan fingerprint density at radius 3 is 2.46 bits per heavy atom. The molecule has 0 radical (unpaired) electrons. The van der Waals surface area contributed by atoms with Crippen LogP contribution < -0.4 is 11.1 Å². The molecular weight excluding hydrogens is 582 g/mol. The lowest BCUT2D eigenvalue weighted by molar-refractivity contribution is -0.149. The van der Waals surface area contributed by atoms with Crippen LogP contribution in [-0.2, 0) is 19.7 Å². The fourth-order valence-electron chi connectivity index (χ4n) is 7.73. The van der Waals surface area contributed by atoms with Gasteiger partial charge in [0.1, 0.15) is 5.82 Å². The average molecular weight is 632 g/mol. The lowest BCUT2D eigenvalue weighted by Crippen LogP contribution is -2.51. The number of epoxide rings is 1. The Bertz CT molecular complexity index is 1470. The highest BCUT2D eigenvalue weighted by atomic mass is 16.7. The number of fused-ring (bicyclic) bond motifs is 2. The SMILES string of the molecule is CCCC[C@H](CNCC)COC(=O)[C@]12O[C@@]1(C/C(CO)=C(\C)CC1(c3ccnc(N)c3)CCCCC1)C(=O)c1ccccc1C2=O. The number of carbonyl (C=O) groups excluding carboxylic acids is 3. The summed E-state index contributed by atoms with van der Waals surface area (Å²) in [4.78, 5) is 46.5. The molecule has 2 aromatic rings. The number of nitrogens with two attached hydrogens (primary N) is 1. The third-order valence-corrected chi connectivity index (χ3v) is 10.4. The Hall–Kier alpha value is -3.40. The molecule has 3 aliphatic rings. The number of esters is 1. The van der Waals surface area contributed by atoms with E-state index in [4.69, 9.17) is 15.2 Å². The summed E-state index contributed by atoms with van der Waals surface area (Å²) < 4.78 is 12.0. The van der Waals surface area contributed by atoms with Crippen LogP contribution in [0.3, 0.4) is 0 Å². The molecule has 3 atom stereocenters. The number of aliphatic hydroxyl groups excluding tert-OH is 1. The van der Waals surface area contributed by atoms with Crippen LogP contribution in [0.4, 0.5) is 5.82 Å². The average Bonchev–Trinajstić information content (AvgIpc) is 3.77. The number of benzene rings is 1. The minimum atomic E-state index is -2.07. The second-order valence-corrected chi connectivity index (χ2v) is 13.4. The molecule has 46 heavy (non-hydrogen) atoms. The van der Waals surface area contributed by atoms with Crippen LogP contribution in [0.25, 0.3) is 0 Å². The molecule has 1 aromatic carbocycles. The minimum absolute atomic E-state index is 0.0686. The Morgan fingerprint density at radius 2 is 1.80 bits per heavy atom. The molecule has 1 saturated heterocycles. The second-order valence-electron chi connectivity index (χ2n) is 13.4. The number of anilines is 1. The van der Waals surface area contributed by atoms with E-state index in [9.17, 15) is 19.5 Å². The molecule has 1 aromatic heterocycles. The summed E-state index contributed by atoms with van der Waals surface area (Å²) in [5, 5.41) is 14.1. The zero-order chi connectivity index (χ0) is 33.0. The van der Waals surface area contributed by atoms with Crippen molar-refractivity contribution in [2.24, 2.45) is 5.92 Å². The van der Waals surface area contributed by atoms with Gasteiger partial charge < -0.3 is 25.6 Å². The number of nitrogen functional groups attached to an aromatic ring is 1. The van der Waals surface area contributed by atoms with Crippen molar-refractivity contribution in [1.82, 2.24) is 10.3 Å². The Balaban J connectivity index is 1.47. The fourth-order valence-corrected chi connectivity index (χ4v) is 7.73. The Labute approximate surface area is 272 Å². The molecule has 2 heterocycles. The van der Waals surface area contributed by atoms with E-state index >= 15 is 0 Å². The zero-order valence-electron chi connectivity index (χ0n) is 27.5. The van der Waals surface area contributed by atoms with Gasteiger partial charge in [0, 0.05) is 36.2 Å². The molecule has 5 rings (SSSR count). The maximum atomic E-state index is 14.2. The van der Waals surface area contributed by atoms with Crippen LogP contribution in [0.5, 0.6) is 0 Å². The number of aliphatic hydroxyl groups is 1. The molecule has 9 nitrogen and oxygen atoms in total. The van der Waals surface area contributed by atoms with Gasteiger partial charge in [-0.1, -0.05) is 75.8 Å². The van der Waals surface area contributed by atoms with Gasteiger partial charge in [0.15, 0.2) is 11.4 Å². The standard InChI is InChI=1S/C37H49N3O6/c1-4-6-12-26(22-39-5-2)24-45-34(44)37-33(43)30-14-9-8-13-29(30)32(42)36(37,46-37)21-27(23-41)25(3)20-35(16-10-7-11-17-35)28-15-18-40-31(38)19-28/h8-9,13-15,18-19,26,39,41H,4-7,10-12,16-17,20-24H2,1-3H3,(H2,38,40)/b27-25-/t26-,36+,37+/m1/s1. The molecule has 0 bridgehead atoms. The monoisotopic (exact) mass is 631 g/mol. The summed E-state index contributed by atoms with van der Waals surface area (Å²) in [5.41, 5.74) is 5.06. The lowest BCUT2D eigenvalue weighted by atomic mass is 9.65. The maximum absolute atomic E-state index is 14.2. The van der Waals surface area contributed by atoms with Crippen LogP contribution in [0.2, 0.25) is 0 Å². The van der Waals surface area contributed by atoms with E-state index in [1.165, 1.54) is 0 Å². The normalized spacial score (nSPS) is 24.4. The molecule has 2 fully saturated rings. The molecule has 0 amide bonds. The molecule has 1 saturated carbocycles. The summed E-state index contributed by atoms with van der Waals surface area (Å²) in [6.45, 7) is 7.36. The summed E-state index contributed by atoms with van der Waals surface area (Å²) >= 11 is 0. The lowest BCUT2D eigenvalue weighted by Gasteiger charge is -2.39. The van der Waals surface area contributed by atoms with Crippen molar-refractivity contribution in [3.63, 3.8) is 0 Å². The minimum Gasteiger partial charge on any atom is -0.463 e. The number of hydrogen-bond acceptors (Lipinski definition) is 9. The topological polar surface area (TPSA) is 144 Å². The molecule has 0 unspecified atom stereocenters. The van der Waals surface area contributed by atoms with E-state index in [0.29, 0.717) is 24.4 Å². The van der Waals surface area contributed by atoms with Crippen molar-refractivity contribution in [3.05, 3.63) is 70.4 Å². The van der Waals surface area contributed by atoms with E-state index < -0.39 is 28.7 Å². The Morgan fingerprint density at radius 1 is 1.09 bits per heavy atom. The van der Waals surface area contributed by atoms with Crippen molar-refractivity contribution in [2.45, 2.75) is 102 Å². The summed E-state index contributed by atoms with van der Waals surface area (Å²) in [7, 11) is 0. The molecule has 1 aliphatic heterocycles. The number of ketones is 2. The van der Waals surface area contributed by atoms with E-state index in [0.717, 1.165) is 69.0 Å². The number of nitrogens with zero attached hydrogens (tertiary/aromatic N) is 1. The van der Waals surface area contributed by atoms with Crippen molar-refractivity contribution in [3.8, 4) is 0 Å². The van der Waals surface area contributed by atoms with Crippen molar-refractivity contribution in [1.29, 1.82) is 0 Å². The largest absolute Gasteiger partial charge is 0.463 e. The number of carbonyl (C=O) groups is 3. The molecule has 2 aliphatic carbocycles. The van der Waals surface area contributed by atoms with E-state index in [2.05, 4.69) is 17.2 Å². The zero-order valence-corrected chi connectivity index (χ0v) is 27.5. The number of nitrogens with one attached hydrogen (secondary N) is 1. The number of ether oxygens (including phenoxy) is 2. The first-order valence-electron chi connectivity index (χ1n) is 16.9. The van der Waals surface area contributed by atoms with Gasteiger partial charge in [0.2, 0.25) is 5.78 Å². The molecule has 4 N–H and O–H groups in total. The number of rotatable bonds is 15. The maximum Gasteiger partial charge on any atom is 0.350 e. The highest BCUT2D eigenvalue weighted by Gasteiger charge is 2.85. The van der Waals surface area contributed by atoms with Gasteiger partial charge in [-0.15, -0.1) is 0 Å². The van der Waals surface area contributed by atoms with E-state index in [1.54, 1.807) is 30.5 Å². The molecule has 9 heteroatoms. The van der Waals surface area contributed by atoms with Gasteiger partial charge in [-0.05, 0) is 67.8 Å². The first-order chi connectivity index (χ1) is 22.2. The van der Waals surface area contributed by atoms with Gasteiger partial charge in [-0.3, -0.25) is 9.59 Å². The number of hydrogen-bond donors (Lipinski definition) is 3.